The molecule has 0 saturated carbocycles. The van der Waals surface area contributed by atoms with Gasteiger partial charge in [-0.15, -0.1) is 0 Å². The molecule has 2 unspecified atom stereocenters. The average molecular weight is 277 g/mol. The van der Waals surface area contributed by atoms with E-state index in [4.69, 9.17) is 0 Å². The third-order valence-corrected chi connectivity index (χ3v) is 4.85. The maximum atomic E-state index is 4.45. The minimum absolute atomic E-state index is 0.583. The number of fused-ring (bicyclic) bond motifs is 3. The van der Waals surface area contributed by atoms with Gasteiger partial charge < -0.3 is 9.88 Å². The lowest BCUT2D eigenvalue weighted by Crippen LogP contribution is -2.66. The second-order valence-electron chi connectivity index (χ2n) is 6.06. The van der Waals surface area contributed by atoms with Crippen molar-refractivity contribution in [3.8, 4) is 0 Å². The van der Waals surface area contributed by atoms with E-state index in [1.54, 1.807) is 0 Å². The van der Waals surface area contributed by atoms with Crippen molar-refractivity contribution in [1.82, 2.24) is 24.7 Å². The molecule has 2 bridgehead atoms. The molecule has 5 heteroatoms. The SMILES string of the molecule is CCNC(CCc1nccn1C)C1CN2CCN1CC2. The highest BCUT2D eigenvalue weighted by Gasteiger charge is 2.36. The van der Waals surface area contributed by atoms with Crippen molar-refractivity contribution in [2.45, 2.75) is 31.8 Å². The third kappa shape index (κ3) is 2.90. The van der Waals surface area contributed by atoms with Crippen molar-refractivity contribution in [1.29, 1.82) is 0 Å². The van der Waals surface area contributed by atoms with Gasteiger partial charge in [0.25, 0.3) is 0 Å². The number of likely N-dealkylation sites (N-methyl/N-ethyl adjacent to an activating group) is 1. The predicted octanol–water partition coefficient (Wildman–Crippen LogP) is 0.331. The summed E-state index contributed by atoms with van der Waals surface area (Å²) in [6.45, 7) is 9.51. The lowest BCUT2D eigenvalue weighted by molar-refractivity contribution is -0.00424. The lowest BCUT2D eigenvalue weighted by Gasteiger charge is -2.50. The van der Waals surface area contributed by atoms with E-state index >= 15 is 0 Å². The van der Waals surface area contributed by atoms with Gasteiger partial charge in [0, 0.05) is 70.7 Å². The molecule has 1 aromatic heterocycles. The molecular formula is C15H27N5. The summed E-state index contributed by atoms with van der Waals surface area (Å²) in [4.78, 5) is 9.76. The smallest absolute Gasteiger partial charge is 0.108 e. The van der Waals surface area contributed by atoms with E-state index in [9.17, 15) is 0 Å². The van der Waals surface area contributed by atoms with Crippen LogP contribution in [0.1, 0.15) is 19.2 Å². The predicted molar refractivity (Wildman–Crippen MR) is 80.8 cm³/mol. The van der Waals surface area contributed by atoms with Crippen LogP contribution in [-0.2, 0) is 13.5 Å². The fourth-order valence-electron chi connectivity index (χ4n) is 3.65. The molecule has 3 saturated heterocycles. The van der Waals surface area contributed by atoms with E-state index in [1.165, 1.54) is 45.0 Å². The zero-order valence-corrected chi connectivity index (χ0v) is 12.8. The van der Waals surface area contributed by atoms with Gasteiger partial charge in [-0.2, -0.15) is 0 Å². The highest BCUT2D eigenvalue weighted by atomic mass is 15.4. The average Bonchev–Trinajstić information content (AvgIpc) is 2.90. The van der Waals surface area contributed by atoms with Crippen LogP contribution in [0.3, 0.4) is 0 Å². The van der Waals surface area contributed by atoms with Gasteiger partial charge in [0.05, 0.1) is 0 Å². The topological polar surface area (TPSA) is 36.3 Å². The monoisotopic (exact) mass is 277 g/mol. The van der Waals surface area contributed by atoms with Gasteiger partial charge in [-0.25, -0.2) is 4.98 Å². The van der Waals surface area contributed by atoms with Crippen molar-refractivity contribution in [2.75, 3.05) is 39.3 Å². The number of nitrogens with one attached hydrogen (secondary N) is 1. The molecule has 112 valence electrons. The fourth-order valence-corrected chi connectivity index (χ4v) is 3.65. The minimum atomic E-state index is 0.583. The van der Waals surface area contributed by atoms with E-state index < -0.39 is 0 Å². The standard InChI is InChI=1S/C15H27N5/c1-3-16-13(4-5-15-17-6-7-18(15)2)14-12-19-8-10-20(14)11-9-19/h6-7,13-14,16H,3-5,8-12H2,1-2H3. The Morgan fingerprint density at radius 1 is 1.35 bits per heavy atom. The molecular weight excluding hydrogens is 250 g/mol. The molecule has 5 nitrogen and oxygen atoms in total. The maximum absolute atomic E-state index is 4.45. The van der Waals surface area contributed by atoms with Gasteiger partial charge in [0.15, 0.2) is 0 Å². The fraction of sp³-hybridized carbons (Fsp3) is 0.800. The Morgan fingerprint density at radius 3 is 2.70 bits per heavy atom. The zero-order chi connectivity index (χ0) is 13.9. The molecule has 0 aliphatic carbocycles. The number of aryl methyl sites for hydroxylation is 2. The normalized spacial score (nSPS) is 30.6. The molecule has 4 heterocycles. The summed E-state index contributed by atoms with van der Waals surface area (Å²) in [6.07, 6.45) is 6.17. The van der Waals surface area contributed by atoms with Crippen LogP contribution >= 0.6 is 0 Å². The summed E-state index contributed by atoms with van der Waals surface area (Å²) in [7, 11) is 2.09. The number of hydrogen-bond acceptors (Lipinski definition) is 4. The van der Waals surface area contributed by atoms with Crippen LogP contribution in [0.25, 0.3) is 0 Å². The van der Waals surface area contributed by atoms with Crippen LogP contribution in [0.4, 0.5) is 0 Å². The number of nitrogens with zero attached hydrogens (tertiary/aromatic N) is 4. The summed E-state index contributed by atoms with van der Waals surface area (Å²) in [6, 6.07) is 1.26. The van der Waals surface area contributed by atoms with Crippen LogP contribution in [0, 0.1) is 0 Å². The van der Waals surface area contributed by atoms with E-state index in [1.807, 2.05) is 12.4 Å². The summed E-state index contributed by atoms with van der Waals surface area (Å²) in [5, 5.41) is 3.71. The summed E-state index contributed by atoms with van der Waals surface area (Å²) >= 11 is 0. The van der Waals surface area contributed by atoms with Gasteiger partial charge in [0.1, 0.15) is 5.82 Å². The lowest BCUT2D eigenvalue weighted by atomic mass is 9.96. The Bertz CT molecular complexity index is 422. The highest BCUT2D eigenvalue weighted by Crippen LogP contribution is 2.20. The summed E-state index contributed by atoms with van der Waals surface area (Å²) in [5.41, 5.74) is 0. The molecule has 1 N–H and O–H groups in total. The first-order valence-electron chi connectivity index (χ1n) is 7.94. The Labute approximate surface area is 122 Å². The summed E-state index contributed by atoms with van der Waals surface area (Å²) < 4.78 is 2.14. The molecule has 3 fully saturated rings. The molecule has 3 aliphatic heterocycles. The molecule has 20 heavy (non-hydrogen) atoms. The van der Waals surface area contributed by atoms with Gasteiger partial charge >= 0.3 is 0 Å². The van der Waals surface area contributed by atoms with Crippen molar-refractivity contribution in [2.24, 2.45) is 7.05 Å². The molecule has 0 radical (unpaired) electrons. The number of rotatable bonds is 6. The van der Waals surface area contributed by atoms with E-state index in [0.29, 0.717) is 12.1 Å². The van der Waals surface area contributed by atoms with Crippen LogP contribution in [0.5, 0.6) is 0 Å². The Morgan fingerprint density at radius 2 is 2.15 bits per heavy atom. The Kier molecular flexibility index (Phi) is 4.38. The van der Waals surface area contributed by atoms with Gasteiger partial charge in [-0.1, -0.05) is 6.92 Å². The first kappa shape index (κ1) is 14.0. The largest absolute Gasteiger partial charge is 0.338 e. The Balaban J connectivity index is 1.62. The first-order valence-corrected chi connectivity index (χ1v) is 7.94. The highest BCUT2D eigenvalue weighted by molar-refractivity contribution is 4.98. The van der Waals surface area contributed by atoms with E-state index in [-0.39, 0.29) is 0 Å². The molecule has 0 spiro atoms. The van der Waals surface area contributed by atoms with Gasteiger partial charge in [-0.05, 0) is 13.0 Å². The third-order valence-electron chi connectivity index (χ3n) is 4.85. The van der Waals surface area contributed by atoms with Crippen molar-refractivity contribution in [3.05, 3.63) is 18.2 Å². The molecule has 0 aromatic carbocycles. The van der Waals surface area contributed by atoms with Crippen molar-refractivity contribution in [3.63, 3.8) is 0 Å². The van der Waals surface area contributed by atoms with Crippen molar-refractivity contribution < 1.29 is 0 Å². The molecule has 3 aliphatic rings. The number of aromatic nitrogens is 2. The Hall–Kier alpha value is -0.910. The van der Waals surface area contributed by atoms with Crippen molar-refractivity contribution >= 4 is 0 Å². The molecule has 4 rings (SSSR count). The van der Waals surface area contributed by atoms with E-state index in [2.05, 4.69) is 38.6 Å². The second kappa shape index (κ2) is 6.24. The molecule has 2 atom stereocenters. The van der Waals surface area contributed by atoms with Crippen LogP contribution in [0.2, 0.25) is 0 Å². The first-order chi connectivity index (χ1) is 9.78. The van der Waals surface area contributed by atoms with Crippen LogP contribution in [0.15, 0.2) is 12.4 Å². The number of imidazole rings is 1. The van der Waals surface area contributed by atoms with Gasteiger partial charge in [0.2, 0.25) is 0 Å². The molecule has 0 amide bonds. The quantitative estimate of drug-likeness (QED) is 0.813. The maximum Gasteiger partial charge on any atom is 0.108 e. The second-order valence-corrected chi connectivity index (χ2v) is 6.06. The van der Waals surface area contributed by atoms with Crippen LogP contribution in [-0.4, -0.2) is 70.7 Å². The number of hydrogen-bond donors (Lipinski definition) is 1. The summed E-state index contributed by atoms with van der Waals surface area (Å²) in [5.74, 6) is 1.20. The zero-order valence-electron chi connectivity index (χ0n) is 12.8. The van der Waals surface area contributed by atoms with Gasteiger partial charge in [-0.3, -0.25) is 9.80 Å². The van der Waals surface area contributed by atoms with E-state index in [0.717, 1.165) is 13.0 Å². The number of piperazine rings is 3. The molecule has 1 aromatic rings. The minimum Gasteiger partial charge on any atom is -0.338 e. The van der Waals surface area contributed by atoms with Crippen LogP contribution < -0.4 is 5.32 Å².